The van der Waals surface area contributed by atoms with E-state index in [-0.39, 0.29) is 17.0 Å². The molecule has 5 aromatic rings. The zero-order valence-corrected chi connectivity index (χ0v) is 28.6. The Morgan fingerprint density at radius 3 is 1.37 bits per heavy atom. The molecule has 0 N–H and O–H groups in total. The lowest BCUT2D eigenvalue weighted by molar-refractivity contribution is -0.703. The Morgan fingerprint density at radius 1 is 0.465 bits per heavy atom. The summed E-state index contributed by atoms with van der Waals surface area (Å²) in [6.07, 6.45) is 12.2. The van der Waals surface area contributed by atoms with Crippen molar-refractivity contribution in [1.82, 2.24) is 0 Å². The van der Waals surface area contributed by atoms with Crippen molar-refractivity contribution in [2.75, 3.05) is 5.33 Å². The Kier molecular flexibility index (Phi) is 16.1. The van der Waals surface area contributed by atoms with E-state index in [1.54, 1.807) is 0 Å². The Bertz CT molecular complexity index is 1420. The molecule has 0 atom stereocenters. The summed E-state index contributed by atoms with van der Waals surface area (Å²) in [4.78, 5) is 0. The lowest BCUT2D eigenvalue weighted by Crippen LogP contribution is -3.00. The van der Waals surface area contributed by atoms with E-state index in [1.165, 1.54) is 90.4 Å². The van der Waals surface area contributed by atoms with Crippen LogP contribution < -0.4 is 21.5 Å². The number of aryl methyl sites for hydroxylation is 4. The summed E-state index contributed by atoms with van der Waals surface area (Å²) in [6.45, 7) is 3.30. The van der Waals surface area contributed by atoms with E-state index in [2.05, 4.69) is 161 Å². The number of benzene rings is 4. The van der Waals surface area contributed by atoms with Crippen LogP contribution in [0.5, 0.6) is 0 Å². The van der Waals surface area contributed by atoms with E-state index in [4.69, 9.17) is 0 Å². The summed E-state index contributed by atoms with van der Waals surface area (Å²) >= 11 is 3.47. The van der Waals surface area contributed by atoms with Crippen molar-refractivity contribution >= 4 is 15.9 Å². The molecule has 0 bridgehead atoms. The van der Waals surface area contributed by atoms with Crippen molar-refractivity contribution < 1.29 is 21.5 Å². The van der Waals surface area contributed by atoms with Crippen molar-refractivity contribution in [3.05, 3.63) is 150 Å². The second-order valence-electron chi connectivity index (χ2n) is 11.0. The maximum atomic E-state index is 3.47. The lowest BCUT2D eigenvalue weighted by atomic mass is 10.0. The predicted octanol–water partition coefficient (Wildman–Crippen LogP) is 7.83. The third kappa shape index (κ3) is 12.3. The van der Waals surface area contributed by atoms with Crippen LogP contribution in [0, 0.1) is 6.92 Å². The highest BCUT2D eigenvalue weighted by atomic mass is 79.9. The van der Waals surface area contributed by atoms with E-state index >= 15 is 0 Å². The van der Waals surface area contributed by atoms with E-state index in [1.807, 2.05) is 0 Å². The third-order valence-corrected chi connectivity index (χ3v) is 8.31. The van der Waals surface area contributed by atoms with Crippen LogP contribution in [0.3, 0.4) is 0 Å². The maximum absolute atomic E-state index is 3.47. The van der Waals surface area contributed by atoms with Gasteiger partial charge in [-0.2, -0.15) is 0 Å². The number of unbranched alkanes of at least 4 members (excludes halogenated alkanes) is 4. The van der Waals surface area contributed by atoms with Gasteiger partial charge in [-0.05, 0) is 71.9 Å². The molecule has 0 aliphatic rings. The molecule has 0 aliphatic heterocycles. The first-order valence-electron chi connectivity index (χ1n) is 15.5. The SMILES string of the molecule is BrCCCCCc1ccc(-c2ccccc2)cc1.Cc1cccc[n+]1CCCCCc1ccc(-c2ccccc2)cc1.[Br-]. The van der Waals surface area contributed by atoms with Crippen LogP contribution in [0.4, 0.5) is 0 Å². The fourth-order valence-electron chi connectivity index (χ4n) is 5.19. The van der Waals surface area contributed by atoms with Crippen molar-refractivity contribution in [1.29, 1.82) is 0 Å². The Labute approximate surface area is 278 Å². The fraction of sp³-hybridized carbons (Fsp3) is 0.275. The zero-order chi connectivity index (χ0) is 29.2. The van der Waals surface area contributed by atoms with E-state index in [0.717, 1.165) is 11.9 Å². The average Bonchev–Trinajstić information content (AvgIpc) is 3.05. The van der Waals surface area contributed by atoms with E-state index < -0.39 is 0 Å². The number of alkyl halides is 1. The summed E-state index contributed by atoms with van der Waals surface area (Å²) in [6, 6.07) is 45.5. The normalized spacial score (nSPS) is 10.4. The van der Waals surface area contributed by atoms with Gasteiger partial charge in [-0.25, -0.2) is 4.57 Å². The van der Waals surface area contributed by atoms with Crippen LogP contribution in [0.1, 0.15) is 55.3 Å². The maximum Gasteiger partial charge on any atom is 0.178 e. The molecule has 0 saturated heterocycles. The van der Waals surface area contributed by atoms with Crippen LogP contribution in [0.15, 0.2) is 134 Å². The van der Waals surface area contributed by atoms with Crippen molar-refractivity contribution in [3.8, 4) is 22.3 Å². The summed E-state index contributed by atoms with van der Waals surface area (Å²) in [5, 5.41) is 1.12. The molecule has 0 saturated carbocycles. The fourth-order valence-corrected chi connectivity index (χ4v) is 5.59. The van der Waals surface area contributed by atoms with Gasteiger partial charge < -0.3 is 17.0 Å². The molecule has 1 heterocycles. The highest BCUT2D eigenvalue weighted by molar-refractivity contribution is 9.09. The zero-order valence-electron chi connectivity index (χ0n) is 25.5. The summed E-state index contributed by atoms with van der Waals surface area (Å²) in [5.41, 5.74) is 9.43. The van der Waals surface area contributed by atoms with Gasteiger partial charge in [-0.15, -0.1) is 0 Å². The number of hydrogen-bond acceptors (Lipinski definition) is 0. The first kappa shape index (κ1) is 34.5. The molecule has 3 heteroatoms. The molecule has 5 rings (SSSR count). The molecule has 0 fully saturated rings. The van der Waals surface area contributed by atoms with Gasteiger partial charge in [-0.1, -0.05) is 138 Å². The van der Waals surface area contributed by atoms with E-state index in [9.17, 15) is 0 Å². The minimum Gasteiger partial charge on any atom is -1.00 e. The smallest absolute Gasteiger partial charge is 0.178 e. The quantitative estimate of drug-likeness (QED) is 0.0671. The monoisotopic (exact) mass is 697 g/mol. The van der Waals surface area contributed by atoms with Crippen molar-refractivity contribution in [3.63, 3.8) is 0 Å². The minimum absolute atomic E-state index is 0. The minimum atomic E-state index is 0. The molecule has 43 heavy (non-hydrogen) atoms. The molecular weight excluding hydrogens is 654 g/mol. The van der Waals surface area contributed by atoms with Crippen LogP contribution in [-0.2, 0) is 19.4 Å². The van der Waals surface area contributed by atoms with Crippen molar-refractivity contribution in [2.24, 2.45) is 0 Å². The molecule has 0 aliphatic carbocycles. The summed E-state index contributed by atoms with van der Waals surface area (Å²) in [7, 11) is 0. The molecule has 0 unspecified atom stereocenters. The Morgan fingerprint density at radius 2 is 0.907 bits per heavy atom. The van der Waals surface area contributed by atoms with Crippen molar-refractivity contribution in [2.45, 2.75) is 64.8 Å². The molecule has 224 valence electrons. The van der Waals surface area contributed by atoms with Gasteiger partial charge in [0, 0.05) is 30.8 Å². The van der Waals surface area contributed by atoms with Gasteiger partial charge in [0.2, 0.25) is 0 Å². The Hall–Kier alpha value is -3.01. The van der Waals surface area contributed by atoms with Gasteiger partial charge in [0.05, 0.1) is 0 Å². The largest absolute Gasteiger partial charge is 1.00 e. The average molecular weight is 700 g/mol. The molecule has 4 aromatic carbocycles. The molecule has 1 nitrogen and oxygen atoms in total. The van der Waals surface area contributed by atoms with Crippen LogP contribution in [0.2, 0.25) is 0 Å². The van der Waals surface area contributed by atoms with Crippen LogP contribution in [0.25, 0.3) is 22.3 Å². The second-order valence-corrected chi connectivity index (χ2v) is 11.8. The molecule has 1 aromatic heterocycles. The molecule has 0 radical (unpaired) electrons. The third-order valence-electron chi connectivity index (χ3n) is 7.75. The first-order chi connectivity index (χ1) is 20.7. The first-order valence-corrected chi connectivity index (χ1v) is 16.6. The number of aromatic nitrogens is 1. The molecular formula is C40H45Br2N. The van der Waals surface area contributed by atoms with Gasteiger partial charge >= 0.3 is 0 Å². The van der Waals surface area contributed by atoms with Gasteiger partial charge in [-0.3, -0.25) is 0 Å². The van der Waals surface area contributed by atoms with Crippen LogP contribution in [-0.4, -0.2) is 5.33 Å². The molecule has 0 spiro atoms. The number of hydrogen-bond donors (Lipinski definition) is 0. The number of rotatable bonds is 13. The van der Waals surface area contributed by atoms with Gasteiger partial charge in [0.15, 0.2) is 11.9 Å². The van der Waals surface area contributed by atoms with Gasteiger partial charge in [0.1, 0.15) is 6.54 Å². The van der Waals surface area contributed by atoms with Crippen LogP contribution >= 0.6 is 15.9 Å². The molecule has 0 amide bonds. The predicted molar refractivity (Wildman–Crippen MR) is 184 cm³/mol. The lowest BCUT2D eigenvalue weighted by Gasteiger charge is -2.05. The summed E-state index contributed by atoms with van der Waals surface area (Å²) in [5.74, 6) is 0. The number of halogens is 2. The highest BCUT2D eigenvalue weighted by Gasteiger charge is 2.04. The Balaban J connectivity index is 0.000000239. The van der Waals surface area contributed by atoms with E-state index in [0.29, 0.717) is 0 Å². The van der Waals surface area contributed by atoms with Gasteiger partial charge in [0.25, 0.3) is 0 Å². The second kappa shape index (κ2) is 20.0. The highest BCUT2D eigenvalue weighted by Crippen LogP contribution is 2.21. The number of nitrogens with zero attached hydrogens (tertiary/aromatic N) is 1. The number of pyridine rings is 1. The topological polar surface area (TPSA) is 3.88 Å². The standard InChI is InChI=1S/C23H26N.C17H19Br.BrH/c1-20-10-7-9-19-24(20)18-8-3-4-11-21-14-16-23(17-15-21)22-12-5-2-6-13-22;18-14-6-2-3-7-15-10-12-17(13-11-15)16-8-4-1-5-9-16;/h2,5-7,9-10,12-17,19H,3-4,8,11,18H2,1H3;1,4-5,8-13H,2-3,6-7,14H2;1H/q+1;;/p-1. The summed E-state index contributed by atoms with van der Waals surface area (Å²) < 4.78 is 2.34.